The highest BCUT2D eigenvalue weighted by molar-refractivity contribution is 5.47. The summed E-state index contributed by atoms with van der Waals surface area (Å²) in [7, 11) is 0. The van der Waals surface area contributed by atoms with E-state index in [0.717, 1.165) is 6.54 Å². The lowest BCUT2D eigenvalue weighted by atomic mass is 9.97. The fourth-order valence-electron chi connectivity index (χ4n) is 3.48. The van der Waals surface area contributed by atoms with Gasteiger partial charge in [-0.15, -0.1) is 0 Å². The molecule has 0 saturated heterocycles. The topological polar surface area (TPSA) is 17.0 Å². The van der Waals surface area contributed by atoms with Crippen LogP contribution in [-0.2, 0) is 6.54 Å². The first-order chi connectivity index (χ1) is 10.7. The van der Waals surface area contributed by atoms with Gasteiger partial charge in [-0.3, -0.25) is 0 Å². The number of aromatic nitrogens is 1. The summed E-state index contributed by atoms with van der Waals surface area (Å²) < 4.78 is 2.32. The molecule has 0 bridgehead atoms. The number of benzene rings is 2. The van der Waals surface area contributed by atoms with Gasteiger partial charge in [-0.25, -0.2) is 0 Å². The average Bonchev–Trinajstić information content (AvgIpc) is 2.93. The normalized spacial score (nSPS) is 16.7. The van der Waals surface area contributed by atoms with Crippen molar-refractivity contribution in [1.82, 2.24) is 9.88 Å². The molecule has 2 nitrogen and oxygen atoms in total. The van der Waals surface area contributed by atoms with Gasteiger partial charge < -0.3 is 9.88 Å². The molecule has 1 unspecified atom stereocenters. The van der Waals surface area contributed by atoms with Crippen LogP contribution in [0, 0.1) is 13.8 Å². The van der Waals surface area contributed by atoms with E-state index in [0.29, 0.717) is 0 Å². The molecule has 4 rings (SSSR count). The molecule has 2 aromatic carbocycles. The monoisotopic (exact) mass is 288 g/mol. The number of aryl methyl sites for hydroxylation is 2. The van der Waals surface area contributed by atoms with Crippen LogP contribution in [0.3, 0.4) is 0 Å². The molecule has 2 heterocycles. The summed E-state index contributed by atoms with van der Waals surface area (Å²) in [4.78, 5) is 0. The highest BCUT2D eigenvalue weighted by Gasteiger charge is 2.23. The van der Waals surface area contributed by atoms with Gasteiger partial charge in [-0.2, -0.15) is 0 Å². The van der Waals surface area contributed by atoms with Crippen LogP contribution in [-0.4, -0.2) is 4.57 Å². The molecule has 0 radical (unpaired) electrons. The lowest BCUT2D eigenvalue weighted by Gasteiger charge is -2.20. The first kappa shape index (κ1) is 13.4. The standard InChI is InChI=1S/C20H20N2/c1-14-9-10-17(15(2)12-14)20-19-8-5-11-22(19)18-7-4-3-6-16(18)13-21-20/h3-12,20-21H,13H2,1-2H3. The number of fused-ring (bicyclic) bond motifs is 3. The maximum absolute atomic E-state index is 3.74. The van der Waals surface area contributed by atoms with Crippen molar-refractivity contribution in [3.63, 3.8) is 0 Å². The van der Waals surface area contributed by atoms with Crippen LogP contribution in [0.5, 0.6) is 0 Å². The van der Waals surface area contributed by atoms with Crippen molar-refractivity contribution < 1.29 is 0 Å². The second kappa shape index (κ2) is 5.15. The predicted octanol–water partition coefficient (Wildman–Crippen LogP) is 4.29. The number of hydrogen-bond donors (Lipinski definition) is 1. The zero-order chi connectivity index (χ0) is 15.1. The first-order valence-corrected chi connectivity index (χ1v) is 7.80. The minimum absolute atomic E-state index is 0.225. The maximum Gasteiger partial charge on any atom is 0.0740 e. The molecule has 1 N–H and O–H groups in total. The van der Waals surface area contributed by atoms with E-state index in [1.54, 1.807) is 0 Å². The molecule has 3 aromatic rings. The zero-order valence-corrected chi connectivity index (χ0v) is 13.0. The largest absolute Gasteiger partial charge is 0.319 e. The molecule has 0 saturated carbocycles. The number of hydrogen-bond acceptors (Lipinski definition) is 1. The molecule has 0 aliphatic carbocycles. The van der Waals surface area contributed by atoms with Crippen molar-refractivity contribution in [3.05, 3.63) is 88.7 Å². The second-order valence-corrected chi connectivity index (χ2v) is 6.11. The average molecular weight is 288 g/mol. The van der Waals surface area contributed by atoms with Gasteiger partial charge in [0.05, 0.1) is 6.04 Å². The van der Waals surface area contributed by atoms with Crippen LogP contribution >= 0.6 is 0 Å². The van der Waals surface area contributed by atoms with Crippen molar-refractivity contribution in [1.29, 1.82) is 0 Å². The van der Waals surface area contributed by atoms with E-state index in [9.17, 15) is 0 Å². The van der Waals surface area contributed by atoms with Crippen LogP contribution in [0.2, 0.25) is 0 Å². The van der Waals surface area contributed by atoms with Gasteiger partial charge in [0.1, 0.15) is 0 Å². The zero-order valence-electron chi connectivity index (χ0n) is 13.0. The van der Waals surface area contributed by atoms with Gasteiger partial charge in [0.2, 0.25) is 0 Å². The maximum atomic E-state index is 3.74. The third kappa shape index (κ3) is 2.08. The van der Waals surface area contributed by atoms with Crippen molar-refractivity contribution in [3.8, 4) is 5.69 Å². The number of para-hydroxylation sites is 1. The minimum atomic E-state index is 0.225. The Balaban J connectivity index is 1.88. The molecular formula is C20H20N2. The van der Waals surface area contributed by atoms with Crippen molar-refractivity contribution in [2.45, 2.75) is 26.4 Å². The number of rotatable bonds is 1. The number of nitrogens with zero attached hydrogens (tertiary/aromatic N) is 1. The highest BCUT2D eigenvalue weighted by atomic mass is 15.1. The molecule has 0 amide bonds. The van der Waals surface area contributed by atoms with Gasteiger partial charge in [0.15, 0.2) is 0 Å². The summed E-state index contributed by atoms with van der Waals surface area (Å²) in [5.41, 5.74) is 7.94. The van der Waals surface area contributed by atoms with Crippen molar-refractivity contribution in [2.75, 3.05) is 0 Å². The molecule has 1 aliphatic heterocycles. The molecule has 0 spiro atoms. The van der Waals surface area contributed by atoms with E-state index < -0.39 is 0 Å². The molecule has 110 valence electrons. The van der Waals surface area contributed by atoms with Gasteiger partial charge in [-0.05, 0) is 48.7 Å². The molecule has 0 fully saturated rings. The van der Waals surface area contributed by atoms with E-state index in [1.807, 2.05) is 0 Å². The van der Waals surface area contributed by atoms with Crippen LogP contribution < -0.4 is 5.32 Å². The molecular weight excluding hydrogens is 268 g/mol. The Kier molecular flexibility index (Phi) is 3.12. The Morgan fingerprint density at radius 2 is 1.86 bits per heavy atom. The van der Waals surface area contributed by atoms with Crippen molar-refractivity contribution in [2.24, 2.45) is 0 Å². The fraction of sp³-hybridized carbons (Fsp3) is 0.200. The highest BCUT2D eigenvalue weighted by Crippen LogP contribution is 2.31. The lowest BCUT2D eigenvalue weighted by molar-refractivity contribution is 0.598. The minimum Gasteiger partial charge on any atom is -0.319 e. The second-order valence-electron chi connectivity index (χ2n) is 6.11. The van der Waals surface area contributed by atoms with Gasteiger partial charge in [0, 0.05) is 24.1 Å². The van der Waals surface area contributed by atoms with E-state index >= 15 is 0 Å². The number of nitrogens with one attached hydrogen (secondary N) is 1. The van der Waals surface area contributed by atoms with Gasteiger partial charge in [-0.1, -0.05) is 42.0 Å². The van der Waals surface area contributed by atoms with E-state index in [2.05, 4.69) is 84.5 Å². The Morgan fingerprint density at radius 3 is 2.73 bits per heavy atom. The summed E-state index contributed by atoms with van der Waals surface area (Å²) in [5.74, 6) is 0. The van der Waals surface area contributed by atoms with Crippen LogP contribution in [0.25, 0.3) is 5.69 Å². The van der Waals surface area contributed by atoms with E-state index in [1.165, 1.54) is 33.6 Å². The molecule has 22 heavy (non-hydrogen) atoms. The van der Waals surface area contributed by atoms with Gasteiger partial charge >= 0.3 is 0 Å². The molecule has 1 aromatic heterocycles. The third-order valence-electron chi connectivity index (χ3n) is 4.56. The Morgan fingerprint density at radius 1 is 1.00 bits per heavy atom. The Labute approximate surface area is 131 Å². The van der Waals surface area contributed by atoms with Crippen molar-refractivity contribution >= 4 is 0 Å². The fourth-order valence-corrected chi connectivity index (χ4v) is 3.48. The Hall–Kier alpha value is -2.32. The van der Waals surface area contributed by atoms with E-state index in [4.69, 9.17) is 0 Å². The summed E-state index contributed by atoms with van der Waals surface area (Å²) in [5, 5.41) is 3.74. The predicted molar refractivity (Wildman–Crippen MR) is 90.4 cm³/mol. The summed E-state index contributed by atoms with van der Waals surface area (Å²) in [6.45, 7) is 5.24. The summed E-state index contributed by atoms with van der Waals surface area (Å²) in [6, 6.07) is 19.9. The molecule has 1 aliphatic rings. The Bertz CT molecular complexity index is 829. The molecule has 2 heteroatoms. The summed E-state index contributed by atoms with van der Waals surface area (Å²) >= 11 is 0. The SMILES string of the molecule is Cc1ccc(C2NCc3ccccc3-n3cccc32)c(C)c1. The smallest absolute Gasteiger partial charge is 0.0740 e. The molecule has 1 atom stereocenters. The van der Waals surface area contributed by atoms with Gasteiger partial charge in [0.25, 0.3) is 0 Å². The third-order valence-corrected chi connectivity index (χ3v) is 4.56. The lowest BCUT2D eigenvalue weighted by Crippen LogP contribution is -2.22. The van der Waals surface area contributed by atoms with Crippen LogP contribution in [0.15, 0.2) is 60.8 Å². The summed E-state index contributed by atoms with van der Waals surface area (Å²) in [6.07, 6.45) is 2.16. The van der Waals surface area contributed by atoms with Crippen LogP contribution in [0.1, 0.15) is 34.0 Å². The van der Waals surface area contributed by atoms with Crippen LogP contribution in [0.4, 0.5) is 0 Å². The quantitative estimate of drug-likeness (QED) is 0.707. The first-order valence-electron chi connectivity index (χ1n) is 7.80. The van der Waals surface area contributed by atoms with E-state index in [-0.39, 0.29) is 6.04 Å².